The van der Waals surface area contributed by atoms with Crippen LogP contribution in [0.25, 0.3) is 0 Å². The van der Waals surface area contributed by atoms with Crippen molar-refractivity contribution in [3.8, 4) is 5.75 Å². The predicted molar refractivity (Wildman–Crippen MR) is 130 cm³/mol. The first kappa shape index (κ1) is 26.5. The molecular weight excluding hydrogens is 510 g/mol. The van der Waals surface area contributed by atoms with Crippen molar-refractivity contribution in [3.05, 3.63) is 53.6 Å². The standard InChI is InChI=1S/C23H29N3O8S2/c1-32-21-7-4-19(16-22(21)36(30,31)26-10-14-34-15-11-26)23(27)24-17-18-2-5-20(6-3-18)35(28,29)25-8-12-33-13-9-25/h2-7,16H,8-15,17H2,1H3,(H,24,27). The van der Waals surface area contributed by atoms with Crippen molar-refractivity contribution >= 4 is 26.0 Å². The highest BCUT2D eigenvalue weighted by molar-refractivity contribution is 7.89. The minimum atomic E-state index is -3.88. The highest BCUT2D eigenvalue weighted by Gasteiger charge is 2.30. The number of amides is 1. The highest BCUT2D eigenvalue weighted by Crippen LogP contribution is 2.28. The Hall–Kier alpha value is -2.55. The van der Waals surface area contributed by atoms with E-state index in [1.807, 2.05) is 0 Å². The molecule has 1 N–H and O–H groups in total. The minimum absolute atomic E-state index is 0.0859. The van der Waals surface area contributed by atoms with Crippen molar-refractivity contribution in [3.63, 3.8) is 0 Å². The molecule has 4 rings (SSSR count). The number of morpholine rings is 2. The predicted octanol–water partition coefficient (Wildman–Crippen LogP) is 0.667. The number of hydrogen-bond acceptors (Lipinski definition) is 8. The van der Waals surface area contributed by atoms with Gasteiger partial charge >= 0.3 is 0 Å². The second-order valence-corrected chi connectivity index (χ2v) is 12.1. The van der Waals surface area contributed by atoms with Gasteiger partial charge in [0.25, 0.3) is 5.91 Å². The van der Waals surface area contributed by atoms with E-state index >= 15 is 0 Å². The van der Waals surface area contributed by atoms with Gasteiger partial charge in [-0.3, -0.25) is 4.79 Å². The van der Waals surface area contributed by atoms with Gasteiger partial charge in [0.1, 0.15) is 10.6 Å². The maximum Gasteiger partial charge on any atom is 0.251 e. The summed E-state index contributed by atoms with van der Waals surface area (Å²) in [4.78, 5) is 12.9. The summed E-state index contributed by atoms with van der Waals surface area (Å²) in [6, 6.07) is 10.5. The molecule has 0 bridgehead atoms. The number of ether oxygens (including phenoxy) is 3. The number of nitrogens with zero attached hydrogens (tertiary/aromatic N) is 2. The average molecular weight is 540 g/mol. The summed E-state index contributed by atoms with van der Waals surface area (Å²) in [6.07, 6.45) is 0. The summed E-state index contributed by atoms with van der Waals surface area (Å²) in [7, 11) is -6.11. The van der Waals surface area contributed by atoms with Gasteiger partial charge in [-0.05, 0) is 35.9 Å². The van der Waals surface area contributed by atoms with Gasteiger partial charge in [0.15, 0.2) is 0 Å². The largest absolute Gasteiger partial charge is 0.495 e. The molecule has 0 radical (unpaired) electrons. The first-order chi connectivity index (χ1) is 17.2. The number of sulfonamides is 2. The Morgan fingerprint density at radius 2 is 1.42 bits per heavy atom. The van der Waals surface area contributed by atoms with E-state index in [2.05, 4.69) is 5.32 Å². The normalized spacial score (nSPS) is 18.0. The van der Waals surface area contributed by atoms with Gasteiger partial charge in [0.05, 0.1) is 38.4 Å². The van der Waals surface area contributed by atoms with E-state index in [1.165, 1.54) is 46.1 Å². The van der Waals surface area contributed by atoms with Gasteiger partial charge in [-0.25, -0.2) is 16.8 Å². The molecule has 0 saturated carbocycles. The van der Waals surface area contributed by atoms with E-state index in [0.717, 1.165) is 0 Å². The van der Waals surface area contributed by atoms with Gasteiger partial charge in [-0.2, -0.15) is 8.61 Å². The Bertz CT molecular complexity index is 1290. The summed E-state index contributed by atoms with van der Waals surface area (Å²) in [5.41, 5.74) is 0.855. The lowest BCUT2D eigenvalue weighted by Gasteiger charge is -2.26. The first-order valence-corrected chi connectivity index (χ1v) is 14.3. The zero-order valence-corrected chi connectivity index (χ0v) is 21.5. The van der Waals surface area contributed by atoms with Crippen LogP contribution in [-0.2, 0) is 36.1 Å². The highest BCUT2D eigenvalue weighted by atomic mass is 32.2. The molecule has 1 amide bonds. The second-order valence-electron chi connectivity index (χ2n) is 8.23. The maximum absolute atomic E-state index is 13.1. The van der Waals surface area contributed by atoms with E-state index in [9.17, 15) is 21.6 Å². The van der Waals surface area contributed by atoms with E-state index < -0.39 is 26.0 Å². The molecule has 2 aliphatic heterocycles. The van der Waals surface area contributed by atoms with Crippen molar-refractivity contribution < 1.29 is 35.8 Å². The van der Waals surface area contributed by atoms with Crippen molar-refractivity contribution in [2.75, 3.05) is 59.7 Å². The Morgan fingerprint density at radius 3 is 1.97 bits per heavy atom. The lowest BCUT2D eigenvalue weighted by Crippen LogP contribution is -2.40. The van der Waals surface area contributed by atoms with Gasteiger partial charge in [0.2, 0.25) is 20.0 Å². The minimum Gasteiger partial charge on any atom is -0.495 e. The van der Waals surface area contributed by atoms with Crippen molar-refractivity contribution in [1.82, 2.24) is 13.9 Å². The SMILES string of the molecule is COc1ccc(C(=O)NCc2ccc(S(=O)(=O)N3CCOCC3)cc2)cc1S(=O)(=O)N1CCOCC1. The number of carbonyl (C=O) groups is 1. The molecule has 0 unspecified atom stereocenters. The lowest BCUT2D eigenvalue weighted by atomic mass is 10.2. The van der Waals surface area contributed by atoms with E-state index in [4.69, 9.17) is 14.2 Å². The van der Waals surface area contributed by atoms with Gasteiger partial charge < -0.3 is 19.5 Å². The Morgan fingerprint density at radius 1 is 0.861 bits per heavy atom. The van der Waals surface area contributed by atoms with Crippen LogP contribution in [0.1, 0.15) is 15.9 Å². The van der Waals surface area contributed by atoms with Crippen LogP contribution < -0.4 is 10.1 Å². The summed E-state index contributed by atoms with van der Waals surface area (Å²) < 4.78 is 70.2. The molecule has 11 nitrogen and oxygen atoms in total. The topological polar surface area (TPSA) is 132 Å². The second kappa shape index (κ2) is 11.2. The Kier molecular flexibility index (Phi) is 8.27. The molecule has 36 heavy (non-hydrogen) atoms. The molecule has 2 aromatic carbocycles. The van der Waals surface area contributed by atoms with Crippen LogP contribution in [0.15, 0.2) is 52.3 Å². The van der Waals surface area contributed by atoms with Crippen molar-refractivity contribution in [2.45, 2.75) is 16.3 Å². The number of benzene rings is 2. The molecule has 2 fully saturated rings. The van der Waals surface area contributed by atoms with Crippen LogP contribution in [0.5, 0.6) is 5.75 Å². The Labute approximate surface area is 211 Å². The van der Waals surface area contributed by atoms with E-state index in [0.29, 0.717) is 45.1 Å². The molecule has 2 aliphatic rings. The molecule has 13 heteroatoms. The zero-order chi connectivity index (χ0) is 25.8. The fraction of sp³-hybridized carbons (Fsp3) is 0.435. The molecule has 2 saturated heterocycles. The third-order valence-corrected chi connectivity index (χ3v) is 9.83. The summed E-state index contributed by atoms with van der Waals surface area (Å²) in [6.45, 7) is 2.53. The fourth-order valence-electron chi connectivity index (χ4n) is 3.95. The quantitative estimate of drug-likeness (QED) is 0.518. The molecular formula is C23H29N3O8S2. The van der Waals surface area contributed by atoms with Crippen LogP contribution in [0, 0.1) is 0 Å². The van der Waals surface area contributed by atoms with Gasteiger partial charge in [-0.1, -0.05) is 12.1 Å². The van der Waals surface area contributed by atoms with Gasteiger partial charge in [-0.15, -0.1) is 0 Å². The summed E-state index contributed by atoms with van der Waals surface area (Å²) in [5.74, 6) is -0.323. The zero-order valence-electron chi connectivity index (χ0n) is 19.9. The molecule has 196 valence electrons. The maximum atomic E-state index is 13.1. The van der Waals surface area contributed by atoms with E-state index in [-0.39, 0.29) is 40.7 Å². The number of rotatable bonds is 8. The molecule has 0 spiro atoms. The average Bonchev–Trinajstić information content (AvgIpc) is 2.92. The lowest BCUT2D eigenvalue weighted by molar-refractivity contribution is 0.0729. The first-order valence-electron chi connectivity index (χ1n) is 11.4. The van der Waals surface area contributed by atoms with Crippen LogP contribution in [0.3, 0.4) is 0 Å². The third-order valence-electron chi connectivity index (χ3n) is 6.00. The molecule has 0 atom stereocenters. The molecule has 2 aromatic rings. The van der Waals surface area contributed by atoms with Crippen LogP contribution in [0.2, 0.25) is 0 Å². The fourth-order valence-corrected chi connectivity index (χ4v) is 6.94. The van der Waals surface area contributed by atoms with Crippen LogP contribution in [-0.4, -0.2) is 91.1 Å². The number of hydrogen-bond donors (Lipinski definition) is 1. The monoisotopic (exact) mass is 539 g/mol. The van der Waals surface area contributed by atoms with Crippen LogP contribution >= 0.6 is 0 Å². The summed E-state index contributed by atoms with van der Waals surface area (Å²) >= 11 is 0. The third kappa shape index (κ3) is 5.71. The molecule has 0 aromatic heterocycles. The Balaban J connectivity index is 1.45. The van der Waals surface area contributed by atoms with Crippen molar-refractivity contribution in [2.24, 2.45) is 0 Å². The molecule has 2 heterocycles. The van der Waals surface area contributed by atoms with Crippen LogP contribution in [0.4, 0.5) is 0 Å². The number of methoxy groups -OCH3 is 1. The number of carbonyl (C=O) groups excluding carboxylic acids is 1. The van der Waals surface area contributed by atoms with Crippen molar-refractivity contribution in [1.29, 1.82) is 0 Å². The van der Waals surface area contributed by atoms with Gasteiger partial charge in [0, 0.05) is 38.3 Å². The molecule has 0 aliphatic carbocycles. The van der Waals surface area contributed by atoms with E-state index in [1.54, 1.807) is 12.1 Å². The summed E-state index contributed by atoms with van der Waals surface area (Å²) in [5, 5.41) is 2.75. The smallest absolute Gasteiger partial charge is 0.251 e. The number of nitrogens with one attached hydrogen (secondary N) is 1.